The SMILES string of the molecule is COc1ccc2c(c1)c(OC(=O)c1cccnc1Cl)nn2Cc1cccc([N+](=O)[O-])c1. The minimum atomic E-state index is -0.706. The number of carbonyl (C=O) groups is 1. The van der Waals surface area contributed by atoms with Gasteiger partial charge < -0.3 is 9.47 Å². The predicted octanol–water partition coefficient (Wildman–Crippen LogP) is 4.27. The smallest absolute Gasteiger partial charge is 0.348 e. The number of hydrogen-bond donors (Lipinski definition) is 0. The summed E-state index contributed by atoms with van der Waals surface area (Å²) in [6.45, 7) is 0.232. The summed E-state index contributed by atoms with van der Waals surface area (Å²) in [5.74, 6) is -0.0915. The van der Waals surface area contributed by atoms with E-state index in [1.165, 1.54) is 31.5 Å². The summed E-state index contributed by atoms with van der Waals surface area (Å²) < 4.78 is 12.4. The van der Waals surface area contributed by atoms with Gasteiger partial charge in [0.1, 0.15) is 10.9 Å². The standard InChI is InChI=1S/C21H15ClN4O5/c1-30-15-7-8-18-17(11-15)20(31-21(27)16-6-3-9-23-19(16)22)24-25(18)12-13-4-2-5-14(10-13)26(28)29/h2-11H,12H2,1H3. The summed E-state index contributed by atoms with van der Waals surface area (Å²) in [6.07, 6.45) is 1.47. The molecule has 4 aromatic rings. The van der Waals surface area contributed by atoms with Gasteiger partial charge in [-0.3, -0.25) is 14.8 Å². The van der Waals surface area contributed by atoms with E-state index in [9.17, 15) is 14.9 Å². The van der Waals surface area contributed by atoms with Gasteiger partial charge in [-0.2, -0.15) is 0 Å². The Morgan fingerprint density at radius 1 is 1.19 bits per heavy atom. The zero-order valence-corrected chi connectivity index (χ0v) is 16.9. The van der Waals surface area contributed by atoms with Gasteiger partial charge in [0.2, 0.25) is 5.88 Å². The van der Waals surface area contributed by atoms with Crippen molar-refractivity contribution in [2.75, 3.05) is 7.11 Å². The Morgan fingerprint density at radius 3 is 2.77 bits per heavy atom. The van der Waals surface area contributed by atoms with E-state index in [1.54, 1.807) is 41.1 Å². The van der Waals surface area contributed by atoms with Gasteiger partial charge in [0.05, 0.1) is 35.0 Å². The van der Waals surface area contributed by atoms with Crippen molar-refractivity contribution in [2.45, 2.75) is 6.54 Å². The van der Waals surface area contributed by atoms with Crippen molar-refractivity contribution in [3.63, 3.8) is 0 Å². The van der Waals surface area contributed by atoms with Crippen LogP contribution in [0.1, 0.15) is 15.9 Å². The van der Waals surface area contributed by atoms with Crippen molar-refractivity contribution >= 4 is 34.2 Å². The largest absolute Gasteiger partial charge is 0.497 e. The average molecular weight is 439 g/mol. The van der Waals surface area contributed by atoms with Crippen LogP contribution in [0, 0.1) is 10.1 Å². The second-order valence-corrected chi connectivity index (χ2v) is 6.86. The molecule has 2 heterocycles. The third-order valence-corrected chi connectivity index (χ3v) is 4.85. The number of nitrogens with zero attached hydrogens (tertiary/aromatic N) is 4. The maximum Gasteiger partial charge on any atom is 0.348 e. The van der Waals surface area contributed by atoms with E-state index in [-0.39, 0.29) is 28.8 Å². The third-order valence-electron chi connectivity index (χ3n) is 4.55. The van der Waals surface area contributed by atoms with Crippen LogP contribution in [0.4, 0.5) is 5.69 Å². The Hall–Kier alpha value is -3.98. The van der Waals surface area contributed by atoms with Gasteiger partial charge >= 0.3 is 5.97 Å². The summed E-state index contributed by atoms with van der Waals surface area (Å²) in [6, 6.07) is 14.5. The highest BCUT2D eigenvalue weighted by molar-refractivity contribution is 6.32. The molecule has 31 heavy (non-hydrogen) atoms. The van der Waals surface area contributed by atoms with E-state index in [0.717, 1.165) is 0 Å². The van der Waals surface area contributed by atoms with E-state index in [0.29, 0.717) is 22.2 Å². The van der Waals surface area contributed by atoms with Gasteiger partial charge in [-0.05, 0) is 35.9 Å². The number of halogens is 1. The first-order valence-electron chi connectivity index (χ1n) is 9.07. The lowest BCUT2D eigenvalue weighted by atomic mass is 10.2. The minimum Gasteiger partial charge on any atom is -0.497 e. The zero-order chi connectivity index (χ0) is 22.0. The molecule has 2 aromatic carbocycles. The molecule has 10 heteroatoms. The number of nitro groups is 1. The lowest BCUT2D eigenvalue weighted by molar-refractivity contribution is -0.384. The number of carbonyl (C=O) groups excluding carboxylic acids is 1. The molecule has 0 aliphatic heterocycles. The van der Waals surface area contributed by atoms with Gasteiger partial charge in [-0.1, -0.05) is 23.7 Å². The number of fused-ring (bicyclic) bond motifs is 1. The van der Waals surface area contributed by atoms with Crippen LogP contribution >= 0.6 is 11.6 Å². The van der Waals surface area contributed by atoms with E-state index >= 15 is 0 Å². The molecule has 0 aliphatic rings. The fraction of sp³-hybridized carbons (Fsp3) is 0.0952. The lowest BCUT2D eigenvalue weighted by Crippen LogP contribution is -2.11. The maximum absolute atomic E-state index is 12.6. The Morgan fingerprint density at radius 2 is 2.03 bits per heavy atom. The van der Waals surface area contributed by atoms with Crippen LogP contribution in [0.5, 0.6) is 11.6 Å². The number of methoxy groups -OCH3 is 1. The molecule has 9 nitrogen and oxygen atoms in total. The van der Waals surface area contributed by atoms with Crippen LogP contribution in [0.15, 0.2) is 60.8 Å². The predicted molar refractivity (Wildman–Crippen MR) is 113 cm³/mol. The topological polar surface area (TPSA) is 109 Å². The molecule has 156 valence electrons. The molecular weight excluding hydrogens is 424 g/mol. The maximum atomic E-state index is 12.6. The fourth-order valence-corrected chi connectivity index (χ4v) is 3.27. The molecule has 0 amide bonds. The third kappa shape index (κ3) is 4.17. The number of rotatable bonds is 6. The van der Waals surface area contributed by atoms with Gasteiger partial charge in [-0.15, -0.1) is 5.10 Å². The molecule has 2 aromatic heterocycles. The summed E-state index contributed by atoms with van der Waals surface area (Å²) in [7, 11) is 1.52. The molecule has 0 unspecified atom stereocenters. The first kappa shape index (κ1) is 20.3. The number of pyridine rings is 1. The van der Waals surface area contributed by atoms with Crippen LogP contribution in [-0.4, -0.2) is 32.8 Å². The Balaban J connectivity index is 1.74. The van der Waals surface area contributed by atoms with Crippen molar-refractivity contribution in [3.8, 4) is 11.6 Å². The van der Waals surface area contributed by atoms with Gasteiger partial charge in [0.15, 0.2) is 0 Å². The normalized spacial score (nSPS) is 10.8. The van der Waals surface area contributed by atoms with Crippen LogP contribution in [-0.2, 0) is 6.54 Å². The number of hydrogen-bond acceptors (Lipinski definition) is 7. The van der Waals surface area contributed by atoms with Crippen molar-refractivity contribution < 1.29 is 19.2 Å². The van der Waals surface area contributed by atoms with E-state index < -0.39 is 10.9 Å². The number of esters is 1. The van der Waals surface area contributed by atoms with Crippen molar-refractivity contribution in [2.24, 2.45) is 0 Å². The number of nitro benzene ring substituents is 1. The second kappa shape index (κ2) is 8.41. The first-order valence-corrected chi connectivity index (χ1v) is 9.44. The number of aromatic nitrogens is 3. The number of ether oxygens (including phenoxy) is 2. The fourth-order valence-electron chi connectivity index (χ4n) is 3.07. The van der Waals surface area contributed by atoms with E-state index in [4.69, 9.17) is 21.1 Å². The van der Waals surface area contributed by atoms with Gasteiger partial charge in [0, 0.05) is 18.3 Å². The molecule has 0 N–H and O–H groups in total. The summed E-state index contributed by atoms with van der Waals surface area (Å²) in [5.41, 5.74) is 1.41. The van der Waals surface area contributed by atoms with Crippen molar-refractivity contribution in [1.82, 2.24) is 14.8 Å². The van der Waals surface area contributed by atoms with Crippen LogP contribution in [0.25, 0.3) is 10.9 Å². The summed E-state index contributed by atoms with van der Waals surface area (Å²) in [5, 5.41) is 16.0. The highest BCUT2D eigenvalue weighted by Gasteiger charge is 2.20. The quantitative estimate of drug-likeness (QED) is 0.191. The molecule has 0 bridgehead atoms. The molecular formula is C21H15ClN4O5. The van der Waals surface area contributed by atoms with Crippen molar-refractivity contribution in [1.29, 1.82) is 0 Å². The Kier molecular flexibility index (Phi) is 5.50. The molecule has 0 atom stereocenters. The summed E-state index contributed by atoms with van der Waals surface area (Å²) >= 11 is 5.99. The van der Waals surface area contributed by atoms with Crippen molar-refractivity contribution in [3.05, 3.63) is 87.2 Å². The summed E-state index contributed by atoms with van der Waals surface area (Å²) in [4.78, 5) is 27.1. The van der Waals surface area contributed by atoms with Crippen LogP contribution in [0.3, 0.4) is 0 Å². The molecule has 0 spiro atoms. The Bertz CT molecular complexity index is 1300. The second-order valence-electron chi connectivity index (χ2n) is 6.50. The Labute approximate surface area is 180 Å². The minimum absolute atomic E-state index is 0.0189. The molecule has 4 rings (SSSR count). The van der Waals surface area contributed by atoms with E-state index in [1.807, 2.05) is 0 Å². The number of non-ortho nitro benzene ring substituents is 1. The molecule has 0 aliphatic carbocycles. The van der Waals surface area contributed by atoms with Gasteiger partial charge in [0.25, 0.3) is 5.69 Å². The van der Waals surface area contributed by atoms with Gasteiger partial charge in [-0.25, -0.2) is 9.78 Å². The van der Waals surface area contributed by atoms with Crippen LogP contribution in [0.2, 0.25) is 5.15 Å². The molecule has 0 saturated carbocycles. The number of benzene rings is 2. The zero-order valence-electron chi connectivity index (χ0n) is 16.2. The first-order chi connectivity index (χ1) is 15.0. The lowest BCUT2D eigenvalue weighted by Gasteiger charge is -2.04. The molecule has 0 radical (unpaired) electrons. The highest BCUT2D eigenvalue weighted by Crippen LogP contribution is 2.30. The van der Waals surface area contributed by atoms with E-state index in [2.05, 4.69) is 10.1 Å². The monoisotopic (exact) mass is 438 g/mol. The molecule has 0 saturated heterocycles. The highest BCUT2D eigenvalue weighted by atomic mass is 35.5. The van der Waals surface area contributed by atoms with Crippen LogP contribution < -0.4 is 9.47 Å². The average Bonchev–Trinajstić information content (AvgIpc) is 3.10. The molecule has 0 fully saturated rings.